The van der Waals surface area contributed by atoms with Gasteiger partial charge in [-0.3, -0.25) is 4.98 Å². The van der Waals surface area contributed by atoms with Crippen LogP contribution in [-0.4, -0.2) is 4.98 Å². The third-order valence-corrected chi connectivity index (χ3v) is 3.29. The van der Waals surface area contributed by atoms with Gasteiger partial charge in [0, 0.05) is 17.2 Å². The normalized spacial score (nSPS) is 14.4. The van der Waals surface area contributed by atoms with Gasteiger partial charge in [0.2, 0.25) is 0 Å². The van der Waals surface area contributed by atoms with Crippen LogP contribution in [0.5, 0.6) is 0 Å². The lowest BCUT2D eigenvalue weighted by Gasteiger charge is -2.19. The Kier molecular flexibility index (Phi) is 3.01. The SMILES string of the molecule is CC.CC1(C)c2ccccc2-c2cccnc21. The maximum atomic E-state index is 4.53. The van der Waals surface area contributed by atoms with Crippen molar-refractivity contribution in [3.8, 4) is 11.1 Å². The van der Waals surface area contributed by atoms with E-state index in [1.54, 1.807) is 0 Å². The standard InChI is InChI=1S/C14H13N.C2H6/c1-14(2)12-8-4-3-6-10(12)11-7-5-9-15-13(11)14;1-2/h3-9H,1-2H3;1-2H3. The van der Waals surface area contributed by atoms with E-state index >= 15 is 0 Å². The Morgan fingerprint density at radius 1 is 0.882 bits per heavy atom. The Bertz CT molecular complexity index is 479. The zero-order valence-electron chi connectivity index (χ0n) is 11.0. The molecule has 0 N–H and O–H groups in total. The Morgan fingerprint density at radius 2 is 1.53 bits per heavy atom. The second kappa shape index (κ2) is 4.33. The zero-order chi connectivity index (χ0) is 12.5. The van der Waals surface area contributed by atoms with Crippen molar-refractivity contribution in [2.45, 2.75) is 33.1 Å². The molecule has 1 heterocycles. The minimum Gasteiger partial charge on any atom is -0.260 e. The van der Waals surface area contributed by atoms with E-state index in [-0.39, 0.29) is 5.41 Å². The topological polar surface area (TPSA) is 12.9 Å². The molecule has 0 atom stereocenters. The van der Waals surface area contributed by atoms with Crippen LogP contribution < -0.4 is 0 Å². The maximum Gasteiger partial charge on any atom is 0.0582 e. The monoisotopic (exact) mass is 225 g/mol. The van der Waals surface area contributed by atoms with Crippen LogP contribution in [0.3, 0.4) is 0 Å². The van der Waals surface area contributed by atoms with Gasteiger partial charge in [0.15, 0.2) is 0 Å². The summed E-state index contributed by atoms with van der Waals surface area (Å²) in [7, 11) is 0. The molecule has 2 aromatic rings. The molecule has 1 aromatic heterocycles. The highest BCUT2D eigenvalue weighted by Crippen LogP contribution is 2.46. The fraction of sp³-hybridized carbons (Fsp3) is 0.312. The lowest BCUT2D eigenvalue weighted by molar-refractivity contribution is 0.637. The molecule has 1 aromatic carbocycles. The summed E-state index contributed by atoms with van der Waals surface area (Å²) in [4.78, 5) is 4.53. The predicted molar refractivity (Wildman–Crippen MR) is 73.1 cm³/mol. The van der Waals surface area contributed by atoms with Gasteiger partial charge in [-0.15, -0.1) is 0 Å². The molecule has 0 radical (unpaired) electrons. The van der Waals surface area contributed by atoms with Gasteiger partial charge in [-0.25, -0.2) is 0 Å². The number of hydrogen-bond acceptors (Lipinski definition) is 1. The van der Waals surface area contributed by atoms with E-state index in [1.807, 2.05) is 26.1 Å². The van der Waals surface area contributed by atoms with Gasteiger partial charge in [0.25, 0.3) is 0 Å². The Balaban J connectivity index is 0.000000514. The molecular weight excluding hydrogens is 206 g/mol. The van der Waals surface area contributed by atoms with Gasteiger partial charge < -0.3 is 0 Å². The van der Waals surface area contributed by atoms with Crippen molar-refractivity contribution in [1.82, 2.24) is 4.98 Å². The van der Waals surface area contributed by atoms with Crippen molar-refractivity contribution in [3.05, 3.63) is 53.9 Å². The van der Waals surface area contributed by atoms with Crippen LogP contribution in [-0.2, 0) is 5.41 Å². The molecule has 88 valence electrons. The first kappa shape index (κ1) is 11.8. The molecule has 0 spiro atoms. The average Bonchev–Trinajstić information content (AvgIpc) is 2.63. The lowest BCUT2D eigenvalue weighted by Crippen LogP contribution is -2.16. The van der Waals surface area contributed by atoms with Gasteiger partial charge in [0.1, 0.15) is 0 Å². The summed E-state index contributed by atoms with van der Waals surface area (Å²) in [6.07, 6.45) is 1.88. The minimum atomic E-state index is 0.0488. The first-order chi connectivity index (χ1) is 8.21. The largest absolute Gasteiger partial charge is 0.260 e. The molecular formula is C16H19N. The van der Waals surface area contributed by atoms with E-state index in [2.05, 4.69) is 49.2 Å². The van der Waals surface area contributed by atoms with Gasteiger partial charge in [-0.1, -0.05) is 58.0 Å². The number of hydrogen-bond donors (Lipinski definition) is 0. The van der Waals surface area contributed by atoms with Crippen molar-refractivity contribution in [2.75, 3.05) is 0 Å². The third-order valence-electron chi connectivity index (χ3n) is 3.29. The molecule has 0 aliphatic heterocycles. The van der Waals surface area contributed by atoms with E-state index < -0.39 is 0 Å². The quantitative estimate of drug-likeness (QED) is 0.647. The minimum absolute atomic E-state index is 0.0488. The number of aromatic nitrogens is 1. The Morgan fingerprint density at radius 3 is 2.29 bits per heavy atom. The summed E-state index contributed by atoms with van der Waals surface area (Å²) in [6.45, 7) is 8.48. The molecule has 1 aliphatic rings. The van der Waals surface area contributed by atoms with E-state index in [1.165, 1.54) is 22.4 Å². The second-order valence-electron chi connectivity index (χ2n) is 4.57. The molecule has 0 saturated carbocycles. The van der Waals surface area contributed by atoms with Crippen LogP contribution in [0.4, 0.5) is 0 Å². The summed E-state index contributed by atoms with van der Waals surface area (Å²) < 4.78 is 0. The summed E-state index contributed by atoms with van der Waals surface area (Å²) in [6, 6.07) is 12.8. The first-order valence-electron chi connectivity index (χ1n) is 6.26. The molecule has 0 bridgehead atoms. The van der Waals surface area contributed by atoms with Crippen LogP contribution in [0.15, 0.2) is 42.6 Å². The van der Waals surface area contributed by atoms with Gasteiger partial charge >= 0.3 is 0 Å². The van der Waals surface area contributed by atoms with Crippen LogP contribution in [0.1, 0.15) is 39.0 Å². The summed E-state index contributed by atoms with van der Waals surface area (Å²) >= 11 is 0. The van der Waals surface area contributed by atoms with Crippen molar-refractivity contribution in [2.24, 2.45) is 0 Å². The molecule has 1 heteroatoms. The molecule has 0 saturated heterocycles. The molecule has 1 aliphatic carbocycles. The zero-order valence-corrected chi connectivity index (χ0v) is 11.0. The van der Waals surface area contributed by atoms with Gasteiger partial charge in [-0.2, -0.15) is 0 Å². The predicted octanol–water partition coefficient (Wildman–Crippen LogP) is 4.41. The third kappa shape index (κ3) is 1.66. The van der Waals surface area contributed by atoms with Gasteiger partial charge in [-0.05, 0) is 17.2 Å². The molecule has 0 unspecified atom stereocenters. The highest BCUT2D eigenvalue weighted by atomic mass is 14.7. The fourth-order valence-electron chi connectivity index (χ4n) is 2.51. The Hall–Kier alpha value is -1.63. The highest BCUT2D eigenvalue weighted by Gasteiger charge is 2.35. The van der Waals surface area contributed by atoms with Crippen LogP contribution >= 0.6 is 0 Å². The number of nitrogens with zero attached hydrogens (tertiary/aromatic N) is 1. The summed E-state index contributed by atoms with van der Waals surface area (Å²) in [5.74, 6) is 0. The van der Waals surface area contributed by atoms with Crippen molar-refractivity contribution in [1.29, 1.82) is 0 Å². The van der Waals surface area contributed by atoms with Crippen molar-refractivity contribution < 1.29 is 0 Å². The van der Waals surface area contributed by atoms with Crippen molar-refractivity contribution >= 4 is 0 Å². The van der Waals surface area contributed by atoms with Crippen molar-refractivity contribution in [3.63, 3.8) is 0 Å². The van der Waals surface area contributed by atoms with E-state index in [9.17, 15) is 0 Å². The second-order valence-corrected chi connectivity index (χ2v) is 4.57. The molecule has 3 rings (SSSR count). The molecule has 1 nitrogen and oxygen atoms in total. The summed E-state index contributed by atoms with van der Waals surface area (Å²) in [5, 5.41) is 0. The number of fused-ring (bicyclic) bond motifs is 3. The highest BCUT2D eigenvalue weighted by molar-refractivity contribution is 5.78. The lowest BCUT2D eigenvalue weighted by atomic mass is 9.85. The summed E-state index contributed by atoms with van der Waals surface area (Å²) in [5.41, 5.74) is 5.27. The molecule has 0 amide bonds. The fourth-order valence-corrected chi connectivity index (χ4v) is 2.51. The van der Waals surface area contributed by atoms with Gasteiger partial charge in [0.05, 0.1) is 5.69 Å². The van der Waals surface area contributed by atoms with Crippen LogP contribution in [0, 0.1) is 0 Å². The van der Waals surface area contributed by atoms with Crippen LogP contribution in [0.25, 0.3) is 11.1 Å². The number of rotatable bonds is 0. The van der Waals surface area contributed by atoms with E-state index in [4.69, 9.17) is 0 Å². The first-order valence-corrected chi connectivity index (χ1v) is 6.26. The van der Waals surface area contributed by atoms with E-state index in [0.29, 0.717) is 0 Å². The number of benzene rings is 1. The van der Waals surface area contributed by atoms with Crippen LogP contribution in [0.2, 0.25) is 0 Å². The molecule has 0 fully saturated rings. The Labute approximate surface area is 104 Å². The smallest absolute Gasteiger partial charge is 0.0582 e. The number of pyridine rings is 1. The molecule has 17 heavy (non-hydrogen) atoms. The average molecular weight is 225 g/mol. The van der Waals surface area contributed by atoms with E-state index in [0.717, 1.165) is 0 Å². The maximum absolute atomic E-state index is 4.53.